The van der Waals surface area contributed by atoms with Crippen LogP contribution in [-0.4, -0.2) is 59.3 Å². The lowest BCUT2D eigenvalue weighted by molar-refractivity contribution is -0.921. The Morgan fingerprint density at radius 1 is 0.700 bits per heavy atom. The Hall–Kier alpha value is 0.537. The molecular weight excluding hydrogens is 338 g/mol. The molecule has 0 aromatic heterocycles. The van der Waals surface area contributed by atoms with Crippen LogP contribution >= 0.6 is 0 Å². The summed E-state index contributed by atoms with van der Waals surface area (Å²) in [5.41, 5.74) is 0. The van der Waals surface area contributed by atoms with Crippen LogP contribution in [0.15, 0.2) is 0 Å². The number of hydrogen-bond donors (Lipinski definition) is 0. The van der Waals surface area contributed by atoms with E-state index in [0.717, 1.165) is 36.7 Å². The normalized spacial score (nSPS) is 12.3. The van der Waals surface area contributed by atoms with Gasteiger partial charge in [-0.1, -0.05) is 0 Å². The van der Waals surface area contributed by atoms with Gasteiger partial charge in [0.05, 0.1) is 32.2 Å². The van der Waals surface area contributed by atoms with Crippen LogP contribution < -0.4 is 17.0 Å². The van der Waals surface area contributed by atoms with Gasteiger partial charge in [0.25, 0.3) is 0 Å². The van der Waals surface area contributed by atoms with E-state index in [1.54, 1.807) is 0 Å². The second-order valence-corrected chi connectivity index (χ2v) is 7.48. The van der Waals surface area contributed by atoms with Gasteiger partial charge in [0.1, 0.15) is 0 Å². The van der Waals surface area contributed by atoms with Gasteiger partial charge < -0.3 is 34.7 Å². The summed E-state index contributed by atoms with van der Waals surface area (Å²) >= 11 is 0. The molecule has 0 saturated carbocycles. The summed E-state index contributed by atoms with van der Waals surface area (Å²) in [5.74, 6) is 0. The minimum absolute atomic E-state index is 0. The molecule has 0 amide bonds. The van der Waals surface area contributed by atoms with Gasteiger partial charge in [-0.3, -0.25) is 0 Å². The maximum Gasteiger partial charge on any atom is 0.506 e. The van der Waals surface area contributed by atoms with E-state index in [1.165, 1.54) is 0 Å². The predicted octanol–water partition coefficient (Wildman–Crippen LogP) is -0.0847. The first-order chi connectivity index (χ1) is 9.07. The van der Waals surface area contributed by atoms with Crippen molar-refractivity contribution in [3.8, 4) is 0 Å². The highest BCUT2D eigenvalue weighted by Crippen LogP contribution is 2.19. The third-order valence-corrected chi connectivity index (χ3v) is 7.02. The van der Waals surface area contributed by atoms with Crippen molar-refractivity contribution in [1.29, 1.82) is 0 Å². The summed E-state index contributed by atoms with van der Waals surface area (Å²) in [4.78, 5) is 0. The van der Waals surface area contributed by atoms with Crippen LogP contribution in [0, 0.1) is 0 Å². The maximum absolute atomic E-state index is 5.92. The Bertz CT molecular complexity index is 203. The predicted molar refractivity (Wildman–Crippen MR) is 82.2 cm³/mol. The van der Waals surface area contributed by atoms with E-state index in [-0.39, 0.29) is 17.0 Å². The number of rotatable bonds is 12. The molecule has 4 nitrogen and oxygen atoms in total. The van der Waals surface area contributed by atoms with Crippen molar-refractivity contribution >= 4 is 8.80 Å². The number of nitrogens with zero attached hydrogens (tertiary/aromatic N) is 1. The lowest BCUT2D eigenvalue weighted by Crippen LogP contribution is -3.00. The van der Waals surface area contributed by atoms with Gasteiger partial charge in [-0.25, -0.2) is 0 Å². The molecule has 0 N–H and O–H groups in total. The molecule has 0 aliphatic heterocycles. The fourth-order valence-corrected chi connectivity index (χ4v) is 5.27. The number of quaternary nitrogens is 1. The first kappa shape index (κ1) is 22.8. The second-order valence-electron chi connectivity index (χ2n) is 4.75. The largest absolute Gasteiger partial charge is 1.00 e. The van der Waals surface area contributed by atoms with Crippen LogP contribution in [0.5, 0.6) is 0 Å². The molecule has 0 aromatic rings. The summed E-state index contributed by atoms with van der Waals surface area (Å²) in [6.45, 7) is 19.4. The summed E-state index contributed by atoms with van der Waals surface area (Å²) in [5, 5.41) is 0. The Morgan fingerprint density at radius 2 is 1.05 bits per heavy atom. The van der Waals surface area contributed by atoms with Crippen molar-refractivity contribution < 1.29 is 34.7 Å². The smallest absolute Gasteiger partial charge is 0.506 e. The molecule has 124 valence electrons. The van der Waals surface area contributed by atoms with Crippen LogP contribution in [0.4, 0.5) is 0 Å². The monoisotopic (exact) mass is 371 g/mol. The Balaban J connectivity index is 0. The summed E-state index contributed by atoms with van der Waals surface area (Å²) in [7, 11) is -2.47. The highest BCUT2D eigenvalue weighted by molar-refractivity contribution is 6.60. The Labute approximate surface area is 137 Å². The van der Waals surface area contributed by atoms with E-state index in [0.29, 0.717) is 19.8 Å². The van der Waals surface area contributed by atoms with Crippen LogP contribution in [0.25, 0.3) is 0 Å². The van der Waals surface area contributed by atoms with Gasteiger partial charge in [-0.2, -0.15) is 0 Å². The molecule has 0 radical (unpaired) electrons. The average molecular weight is 372 g/mol. The molecule has 0 heterocycles. The van der Waals surface area contributed by atoms with E-state index in [9.17, 15) is 0 Å². The minimum atomic E-state index is -2.47. The number of hydrogen-bond acceptors (Lipinski definition) is 3. The molecule has 0 spiro atoms. The van der Waals surface area contributed by atoms with Crippen molar-refractivity contribution in [2.75, 3.05) is 46.0 Å². The van der Waals surface area contributed by atoms with Gasteiger partial charge in [0.15, 0.2) is 0 Å². The minimum Gasteiger partial charge on any atom is -1.00 e. The van der Waals surface area contributed by atoms with E-state index >= 15 is 0 Å². The molecule has 6 heteroatoms. The van der Waals surface area contributed by atoms with E-state index in [4.69, 9.17) is 13.3 Å². The second kappa shape index (κ2) is 12.1. The van der Waals surface area contributed by atoms with Crippen molar-refractivity contribution in [3.63, 3.8) is 0 Å². The van der Waals surface area contributed by atoms with Gasteiger partial charge in [0, 0.05) is 19.8 Å². The van der Waals surface area contributed by atoms with Gasteiger partial charge in [0.2, 0.25) is 0 Å². The molecule has 0 aliphatic rings. The molecule has 0 aromatic carbocycles. The molecular formula is C14H34BrNO3Si. The number of halogens is 1. The van der Waals surface area contributed by atoms with Crippen molar-refractivity contribution in [3.05, 3.63) is 0 Å². The maximum atomic E-state index is 5.92. The zero-order chi connectivity index (χ0) is 14.8. The summed E-state index contributed by atoms with van der Waals surface area (Å²) < 4.78 is 18.9. The summed E-state index contributed by atoms with van der Waals surface area (Å²) in [6.07, 6.45) is 0. The van der Waals surface area contributed by atoms with E-state index < -0.39 is 8.80 Å². The lowest BCUT2D eigenvalue weighted by atomic mass is 10.3. The van der Waals surface area contributed by atoms with Crippen LogP contribution in [-0.2, 0) is 13.3 Å². The van der Waals surface area contributed by atoms with Crippen LogP contribution in [0.1, 0.15) is 41.5 Å². The van der Waals surface area contributed by atoms with E-state index in [1.807, 2.05) is 20.8 Å². The van der Waals surface area contributed by atoms with Gasteiger partial charge >= 0.3 is 8.80 Å². The zero-order valence-electron chi connectivity index (χ0n) is 14.2. The van der Waals surface area contributed by atoms with Gasteiger partial charge in [-0.05, 0) is 41.5 Å². The van der Waals surface area contributed by atoms with Crippen molar-refractivity contribution in [1.82, 2.24) is 0 Å². The molecule has 0 rings (SSSR count). The fourth-order valence-electron chi connectivity index (χ4n) is 2.52. The first-order valence-electron chi connectivity index (χ1n) is 7.84. The first-order valence-corrected chi connectivity index (χ1v) is 9.77. The third-order valence-electron chi connectivity index (χ3n) is 4.00. The SMILES string of the molecule is CCO[Si](CC[N+](CC)(CC)CC)(OCC)OCC.[Br-]. The molecule has 20 heavy (non-hydrogen) atoms. The Morgan fingerprint density at radius 3 is 1.30 bits per heavy atom. The van der Waals surface area contributed by atoms with Crippen molar-refractivity contribution in [2.24, 2.45) is 0 Å². The standard InChI is InChI=1S/C14H34NO3Si.BrH/c1-7-15(8-2,9-3)13-14-19(16-10-4,17-11-5)18-12-6;/h7-14H2,1-6H3;1H/q+1;/p-1. The van der Waals surface area contributed by atoms with Crippen LogP contribution in [0.3, 0.4) is 0 Å². The third kappa shape index (κ3) is 7.00. The van der Waals surface area contributed by atoms with Gasteiger partial charge in [-0.15, -0.1) is 0 Å². The van der Waals surface area contributed by atoms with E-state index in [2.05, 4.69) is 20.8 Å². The highest BCUT2D eigenvalue weighted by atomic mass is 79.9. The summed E-state index contributed by atoms with van der Waals surface area (Å²) in [6, 6.07) is 0.915. The zero-order valence-corrected chi connectivity index (χ0v) is 16.8. The molecule has 0 fully saturated rings. The highest BCUT2D eigenvalue weighted by Gasteiger charge is 2.42. The molecule has 0 unspecified atom stereocenters. The molecule has 0 atom stereocenters. The lowest BCUT2D eigenvalue weighted by Gasteiger charge is -2.38. The molecule has 0 aliphatic carbocycles. The van der Waals surface area contributed by atoms with Crippen molar-refractivity contribution in [2.45, 2.75) is 47.6 Å². The molecule has 0 bridgehead atoms. The average Bonchev–Trinajstić information content (AvgIpc) is 2.42. The van der Waals surface area contributed by atoms with Crippen LogP contribution in [0.2, 0.25) is 6.04 Å². The molecule has 0 saturated heterocycles. The fraction of sp³-hybridized carbons (Fsp3) is 1.00. The quantitative estimate of drug-likeness (QED) is 0.354. The Kier molecular flexibility index (Phi) is 13.8. The topological polar surface area (TPSA) is 27.7 Å².